The largest absolute Gasteiger partial charge is 0.394 e. The summed E-state index contributed by atoms with van der Waals surface area (Å²) in [5.41, 5.74) is 0.767. The van der Waals surface area contributed by atoms with Crippen molar-refractivity contribution in [1.29, 1.82) is 0 Å². The summed E-state index contributed by atoms with van der Waals surface area (Å²) in [5, 5.41) is 13.1. The van der Waals surface area contributed by atoms with Crippen molar-refractivity contribution in [3.05, 3.63) is 35.9 Å². The number of hydrogen-bond donors (Lipinski definition) is 2. The minimum absolute atomic E-state index is 0.0399. The third-order valence-corrected chi connectivity index (χ3v) is 6.81. The molecule has 2 atom stereocenters. The summed E-state index contributed by atoms with van der Waals surface area (Å²) in [4.78, 5) is 29.5. The van der Waals surface area contributed by atoms with Gasteiger partial charge in [0.1, 0.15) is 0 Å². The van der Waals surface area contributed by atoms with E-state index in [1.807, 2.05) is 30.0 Å². The average Bonchev–Trinajstić information content (AvgIpc) is 3.20. The van der Waals surface area contributed by atoms with Crippen LogP contribution < -0.4 is 5.32 Å². The van der Waals surface area contributed by atoms with Gasteiger partial charge in [0.15, 0.2) is 0 Å². The Morgan fingerprint density at radius 1 is 1.18 bits per heavy atom. The first-order valence-corrected chi connectivity index (χ1v) is 10.6. The van der Waals surface area contributed by atoms with Gasteiger partial charge in [0.05, 0.1) is 18.2 Å². The molecule has 3 aliphatic rings. The molecule has 1 aliphatic carbocycles. The molecule has 1 aromatic rings. The quantitative estimate of drug-likeness (QED) is 0.817. The first-order valence-electron chi connectivity index (χ1n) is 10.6. The summed E-state index contributed by atoms with van der Waals surface area (Å²) < 4.78 is 0. The van der Waals surface area contributed by atoms with Crippen LogP contribution in [0, 0.1) is 5.92 Å². The molecule has 0 bridgehead atoms. The molecule has 1 aromatic carbocycles. The summed E-state index contributed by atoms with van der Waals surface area (Å²) in [7, 11) is 0. The molecule has 3 amide bonds. The van der Waals surface area contributed by atoms with Crippen molar-refractivity contribution in [2.24, 2.45) is 5.92 Å². The number of benzene rings is 1. The number of aliphatic hydroxyl groups excluding tert-OH is 1. The predicted octanol–water partition coefficient (Wildman–Crippen LogP) is 2.34. The molecule has 2 N–H and O–H groups in total. The van der Waals surface area contributed by atoms with Crippen molar-refractivity contribution in [1.82, 2.24) is 15.1 Å². The fourth-order valence-corrected chi connectivity index (χ4v) is 5.49. The van der Waals surface area contributed by atoms with Crippen LogP contribution in [0.1, 0.15) is 50.5 Å². The molecular weight excluding hydrogens is 354 g/mol. The molecule has 6 heteroatoms. The minimum Gasteiger partial charge on any atom is -0.394 e. The Morgan fingerprint density at radius 3 is 2.46 bits per heavy atom. The number of rotatable bonds is 5. The zero-order chi connectivity index (χ0) is 19.7. The Labute approximate surface area is 166 Å². The van der Waals surface area contributed by atoms with E-state index in [-0.39, 0.29) is 42.0 Å². The van der Waals surface area contributed by atoms with Crippen molar-refractivity contribution in [2.75, 3.05) is 26.2 Å². The second kappa shape index (κ2) is 7.74. The van der Waals surface area contributed by atoms with Gasteiger partial charge in [-0.3, -0.25) is 4.79 Å². The number of amides is 3. The maximum atomic E-state index is 13.3. The number of carbonyl (C=O) groups excluding carboxylic acids is 2. The van der Waals surface area contributed by atoms with Crippen molar-refractivity contribution in [3.63, 3.8) is 0 Å². The Hall–Kier alpha value is -2.08. The number of hydrogen-bond acceptors (Lipinski definition) is 3. The SMILES string of the molecule is CCCNC(=O)N1CC2(C1)[C@@H](c1ccccc1)[C@@H](CO)N2C(=O)C1CCCC1. The maximum absolute atomic E-state index is 13.3. The summed E-state index contributed by atoms with van der Waals surface area (Å²) in [6.45, 7) is 3.73. The molecule has 2 aliphatic heterocycles. The van der Waals surface area contributed by atoms with Crippen LogP contribution in [0.5, 0.6) is 0 Å². The van der Waals surface area contributed by atoms with E-state index in [1.165, 1.54) is 0 Å². The molecule has 28 heavy (non-hydrogen) atoms. The van der Waals surface area contributed by atoms with Gasteiger partial charge in [-0.2, -0.15) is 0 Å². The highest BCUT2D eigenvalue weighted by Crippen LogP contribution is 2.54. The van der Waals surface area contributed by atoms with E-state index in [4.69, 9.17) is 0 Å². The van der Waals surface area contributed by atoms with Crippen LogP contribution in [0.15, 0.2) is 30.3 Å². The molecule has 0 radical (unpaired) electrons. The topological polar surface area (TPSA) is 72.9 Å². The van der Waals surface area contributed by atoms with Crippen molar-refractivity contribution in [2.45, 2.75) is 56.5 Å². The molecule has 3 fully saturated rings. The molecule has 0 unspecified atom stereocenters. The monoisotopic (exact) mass is 385 g/mol. The maximum Gasteiger partial charge on any atom is 0.317 e. The summed E-state index contributed by atoms with van der Waals surface area (Å²) in [6.07, 6.45) is 5.00. The molecule has 6 nitrogen and oxygen atoms in total. The van der Waals surface area contributed by atoms with Crippen LogP contribution in [0.3, 0.4) is 0 Å². The predicted molar refractivity (Wildman–Crippen MR) is 107 cm³/mol. The van der Waals surface area contributed by atoms with Crippen LogP contribution in [0.2, 0.25) is 0 Å². The summed E-state index contributed by atoms with van der Waals surface area (Å²) in [5.74, 6) is 0.322. The van der Waals surface area contributed by atoms with Gasteiger partial charge >= 0.3 is 6.03 Å². The van der Waals surface area contributed by atoms with Gasteiger partial charge in [-0.1, -0.05) is 50.1 Å². The van der Waals surface area contributed by atoms with E-state index in [0.29, 0.717) is 19.6 Å². The third kappa shape index (κ3) is 2.98. The number of urea groups is 1. The molecule has 4 rings (SSSR count). The van der Waals surface area contributed by atoms with Gasteiger partial charge in [-0.25, -0.2) is 4.79 Å². The second-order valence-corrected chi connectivity index (χ2v) is 8.52. The lowest BCUT2D eigenvalue weighted by atomic mass is 9.60. The van der Waals surface area contributed by atoms with Crippen LogP contribution in [-0.4, -0.2) is 64.7 Å². The highest BCUT2D eigenvalue weighted by molar-refractivity contribution is 5.84. The number of carbonyl (C=O) groups is 2. The zero-order valence-corrected chi connectivity index (χ0v) is 16.6. The van der Waals surface area contributed by atoms with E-state index in [2.05, 4.69) is 17.4 Å². The van der Waals surface area contributed by atoms with E-state index in [9.17, 15) is 14.7 Å². The Balaban J connectivity index is 1.58. The van der Waals surface area contributed by atoms with Gasteiger partial charge in [-0.05, 0) is 24.8 Å². The van der Waals surface area contributed by atoms with Gasteiger partial charge in [0.2, 0.25) is 5.91 Å². The second-order valence-electron chi connectivity index (χ2n) is 8.52. The van der Waals surface area contributed by atoms with Crippen LogP contribution >= 0.6 is 0 Å². The van der Waals surface area contributed by atoms with Crippen molar-refractivity contribution < 1.29 is 14.7 Å². The van der Waals surface area contributed by atoms with E-state index < -0.39 is 0 Å². The first kappa shape index (κ1) is 19.2. The molecule has 1 spiro atoms. The van der Waals surface area contributed by atoms with Crippen LogP contribution in [-0.2, 0) is 4.79 Å². The standard InChI is InChI=1S/C22H31N3O3/c1-2-12-23-21(28)24-14-22(15-24)19(16-8-4-3-5-9-16)18(13-26)25(22)20(27)17-10-6-7-11-17/h3-5,8-9,17-19,26H,2,6-7,10-15H2,1H3,(H,23,28)/t18-,19+/m1/s1. The fraction of sp³-hybridized carbons (Fsp3) is 0.636. The number of aliphatic hydroxyl groups is 1. The summed E-state index contributed by atoms with van der Waals surface area (Å²) >= 11 is 0. The molecule has 152 valence electrons. The Kier molecular flexibility index (Phi) is 5.32. The summed E-state index contributed by atoms with van der Waals surface area (Å²) in [6, 6.07) is 9.89. The van der Waals surface area contributed by atoms with Crippen LogP contribution in [0.25, 0.3) is 0 Å². The smallest absolute Gasteiger partial charge is 0.317 e. The molecule has 2 saturated heterocycles. The number of nitrogens with zero attached hydrogens (tertiary/aromatic N) is 2. The normalized spacial score (nSPS) is 26.1. The van der Waals surface area contributed by atoms with Crippen molar-refractivity contribution in [3.8, 4) is 0 Å². The van der Waals surface area contributed by atoms with Gasteiger partial charge in [-0.15, -0.1) is 0 Å². The lowest BCUT2D eigenvalue weighted by molar-refractivity contribution is -0.196. The highest BCUT2D eigenvalue weighted by Gasteiger charge is 2.68. The molecule has 1 saturated carbocycles. The van der Waals surface area contributed by atoms with E-state index in [1.54, 1.807) is 4.90 Å². The van der Waals surface area contributed by atoms with E-state index >= 15 is 0 Å². The Morgan fingerprint density at radius 2 is 1.86 bits per heavy atom. The van der Waals surface area contributed by atoms with Crippen LogP contribution in [0.4, 0.5) is 4.79 Å². The van der Waals surface area contributed by atoms with Gasteiger partial charge in [0.25, 0.3) is 0 Å². The van der Waals surface area contributed by atoms with Gasteiger partial charge < -0.3 is 20.2 Å². The zero-order valence-electron chi connectivity index (χ0n) is 16.6. The molecule has 0 aromatic heterocycles. The number of nitrogens with one attached hydrogen (secondary N) is 1. The minimum atomic E-state index is -0.377. The fourth-order valence-electron chi connectivity index (χ4n) is 5.49. The van der Waals surface area contributed by atoms with Gasteiger partial charge in [0, 0.05) is 31.5 Å². The Bertz CT molecular complexity index is 711. The number of likely N-dealkylation sites (tertiary alicyclic amines) is 2. The highest BCUT2D eigenvalue weighted by atomic mass is 16.3. The van der Waals surface area contributed by atoms with E-state index in [0.717, 1.165) is 37.7 Å². The molecule has 2 heterocycles. The lowest BCUT2D eigenvalue weighted by Gasteiger charge is -2.70. The lowest BCUT2D eigenvalue weighted by Crippen LogP contribution is -2.86. The molecular formula is C22H31N3O3. The average molecular weight is 386 g/mol. The first-order chi connectivity index (χ1) is 13.6. The van der Waals surface area contributed by atoms with Crippen molar-refractivity contribution >= 4 is 11.9 Å². The third-order valence-electron chi connectivity index (χ3n) is 6.81.